The third-order valence-corrected chi connectivity index (χ3v) is 6.34. The number of ether oxygens (including phenoxy) is 1. The van der Waals surface area contributed by atoms with Gasteiger partial charge in [-0.05, 0) is 52.8 Å². The van der Waals surface area contributed by atoms with Crippen molar-refractivity contribution in [3.63, 3.8) is 0 Å². The average Bonchev–Trinajstić information content (AvgIpc) is 3.13. The molecule has 0 radical (unpaired) electrons. The molecule has 32 heavy (non-hydrogen) atoms. The highest BCUT2D eigenvalue weighted by molar-refractivity contribution is 5.99. The van der Waals surface area contributed by atoms with Crippen LogP contribution in [-0.4, -0.2) is 56.5 Å². The first-order chi connectivity index (χ1) is 15.2. The molecule has 3 heterocycles. The number of rotatable bonds is 5. The summed E-state index contributed by atoms with van der Waals surface area (Å²) in [6.07, 6.45) is 0.227. The number of para-hydroxylation sites is 1. The van der Waals surface area contributed by atoms with Gasteiger partial charge in [-0.2, -0.15) is 0 Å². The Bertz CT molecular complexity index is 1190. The van der Waals surface area contributed by atoms with Gasteiger partial charge < -0.3 is 9.30 Å². The highest BCUT2D eigenvalue weighted by Gasteiger charge is 2.27. The van der Waals surface area contributed by atoms with Crippen molar-refractivity contribution in [2.75, 3.05) is 19.6 Å². The Kier molecular flexibility index (Phi) is 5.97. The molecule has 0 aliphatic carbocycles. The van der Waals surface area contributed by atoms with Gasteiger partial charge in [0.15, 0.2) is 5.78 Å². The van der Waals surface area contributed by atoms with E-state index in [0.717, 1.165) is 35.9 Å². The van der Waals surface area contributed by atoms with Crippen LogP contribution in [0.3, 0.4) is 0 Å². The maximum Gasteiger partial charge on any atom is 0.295 e. The highest BCUT2D eigenvalue weighted by Crippen LogP contribution is 2.23. The lowest BCUT2D eigenvalue weighted by atomic mass is 10.1. The van der Waals surface area contributed by atoms with E-state index in [1.54, 1.807) is 4.68 Å². The number of carbonyl (C=O) groups is 1. The van der Waals surface area contributed by atoms with Crippen molar-refractivity contribution in [3.8, 4) is 11.4 Å². The number of hydrogen-bond donors (Lipinski definition) is 0. The predicted octanol–water partition coefficient (Wildman–Crippen LogP) is 3.18. The lowest BCUT2D eigenvalue weighted by Gasteiger charge is -2.34. The number of benzene rings is 1. The molecule has 170 valence electrons. The van der Waals surface area contributed by atoms with Crippen LogP contribution < -0.4 is 5.56 Å². The molecule has 3 aromatic rings. The summed E-state index contributed by atoms with van der Waals surface area (Å²) in [7, 11) is 1.88. The van der Waals surface area contributed by atoms with Gasteiger partial charge in [0.25, 0.3) is 5.56 Å². The Labute approximate surface area is 188 Å². The van der Waals surface area contributed by atoms with Crippen LogP contribution in [-0.2, 0) is 11.8 Å². The fourth-order valence-corrected chi connectivity index (χ4v) is 4.90. The van der Waals surface area contributed by atoms with E-state index >= 15 is 0 Å². The number of aromatic nitrogens is 3. The first-order valence-corrected chi connectivity index (χ1v) is 11.1. The second kappa shape index (κ2) is 8.56. The maximum absolute atomic E-state index is 13.5. The molecule has 2 atom stereocenters. The standard InChI is InChI=1S/C25H32N4O3/c1-16-12-22(23(30)15-27-13-17(2)32-18(3)14-27)19(4)28(16)24-20(5)26(6)29(25(24)31)21-10-8-7-9-11-21/h7-12,17-18H,13-15H2,1-6H3. The predicted molar refractivity (Wildman–Crippen MR) is 125 cm³/mol. The van der Waals surface area contributed by atoms with E-state index < -0.39 is 0 Å². The molecule has 0 bridgehead atoms. The normalized spacial score (nSPS) is 19.4. The van der Waals surface area contributed by atoms with Crippen LogP contribution in [0.2, 0.25) is 0 Å². The second-order valence-corrected chi connectivity index (χ2v) is 8.90. The third-order valence-electron chi connectivity index (χ3n) is 6.34. The van der Waals surface area contributed by atoms with Crippen LogP contribution in [0.15, 0.2) is 41.2 Å². The van der Waals surface area contributed by atoms with Gasteiger partial charge in [0, 0.05) is 37.1 Å². The summed E-state index contributed by atoms with van der Waals surface area (Å²) in [5.41, 5.74) is 4.47. The van der Waals surface area contributed by atoms with Crippen molar-refractivity contribution in [1.82, 2.24) is 18.8 Å². The zero-order valence-electron chi connectivity index (χ0n) is 19.8. The lowest BCUT2D eigenvalue weighted by Crippen LogP contribution is -2.47. The quantitative estimate of drug-likeness (QED) is 0.577. The molecule has 0 spiro atoms. The molecule has 1 aliphatic rings. The molecule has 7 heteroatoms. The van der Waals surface area contributed by atoms with Gasteiger partial charge >= 0.3 is 0 Å². The maximum atomic E-state index is 13.5. The molecule has 1 saturated heterocycles. The molecule has 7 nitrogen and oxygen atoms in total. The first kappa shape index (κ1) is 22.3. The minimum atomic E-state index is -0.104. The van der Waals surface area contributed by atoms with Gasteiger partial charge in [-0.1, -0.05) is 18.2 Å². The summed E-state index contributed by atoms with van der Waals surface area (Å²) in [5.74, 6) is 0.0719. The Morgan fingerprint density at radius 1 is 1.03 bits per heavy atom. The van der Waals surface area contributed by atoms with Crippen molar-refractivity contribution in [2.24, 2.45) is 7.05 Å². The van der Waals surface area contributed by atoms with Crippen molar-refractivity contribution in [1.29, 1.82) is 0 Å². The molecule has 0 saturated carbocycles. The summed E-state index contributed by atoms with van der Waals surface area (Å²) >= 11 is 0. The van der Waals surface area contributed by atoms with Gasteiger partial charge in [0.05, 0.1) is 30.1 Å². The van der Waals surface area contributed by atoms with E-state index in [9.17, 15) is 9.59 Å². The van der Waals surface area contributed by atoms with E-state index in [1.807, 2.05) is 87.3 Å². The SMILES string of the molecule is Cc1cc(C(=O)CN2CC(C)OC(C)C2)c(C)n1-c1c(C)n(C)n(-c2ccccc2)c1=O. The van der Waals surface area contributed by atoms with Gasteiger partial charge in [-0.3, -0.25) is 19.2 Å². The van der Waals surface area contributed by atoms with Gasteiger partial charge in [-0.15, -0.1) is 0 Å². The molecule has 1 aromatic carbocycles. The highest BCUT2D eigenvalue weighted by atomic mass is 16.5. The van der Waals surface area contributed by atoms with Crippen molar-refractivity contribution in [2.45, 2.75) is 46.8 Å². The van der Waals surface area contributed by atoms with E-state index in [-0.39, 0.29) is 23.6 Å². The van der Waals surface area contributed by atoms with E-state index in [0.29, 0.717) is 17.8 Å². The Morgan fingerprint density at radius 2 is 1.66 bits per heavy atom. The van der Waals surface area contributed by atoms with Crippen LogP contribution >= 0.6 is 0 Å². The summed E-state index contributed by atoms with van der Waals surface area (Å²) in [5, 5.41) is 0. The second-order valence-electron chi connectivity index (χ2n) is 8.90. The van der Waals surface area contributed by atoms with Crippen LogP contribution in [0.4, 0.5) is 0 Å². The van der Waals surface area contributed by atoms with Crippen LogP contribution in [0.1, 0.15) is 41.3 Å². The zero-order chi connectivity index (χ0) is 23.2. The summed E-state index contributed by atoms with van der Waals surface area (Å²) in [6, 6.07) is 11.5. The third kappa shape index (κ3) is 3.87. The van der Waals surface area contributed by atoms with Gasteiger partial charge in [-0.25, -0.2) is 4.68 Å². The average molecular weight is 437 g/mol. The fraction of sp³-hybridized carbons (Fsp3) is 0.440. The number of ketones is 1. The van der Waals surface area contributed by atoms with Crippen LogP contribution in [0.5, 0.6) is 0 Å². The number of Topliss-reactive ketones (excluding diaryl/α,β-unsaturated/α-hetero) is 1. The monoisotopic (exact) mass is 436 g/mol. The van der Waals surface area contributed by atoms with E-state index in [2.05, 4.69) is 4.90 Å². The fourth-order valence-electron chi connectivity index (χ4n) is 4.90. The number of carbonyl (C=O) groups excluding carboxylic acids is 1. The number of morpholine rings is 1. The van der Waals surface area contributed by atoms with Crippen molar-refractivity contribution in [3.05, 3.63) is 69.4 Å². The van der Waals surface area contributed by atoms with Gasteiger partial charge in [0.2, 0.25) is 0 Å². The molecule has 1 aliphatic heterocycles. The number of nitrogens with zero attached hydrogens (tertiary/aromatic N) is 4. The molecule has 1 fully saturated rings. The molecule has 4 rings (SSSR count). The molecule has 0 amide bonds. The number of hydrogen-bond acceptors (Lipinski definition) is 4. The Hall–Kier alpha value is -2.90. The smallest absolute Gasteiger partial charge is 0.295 e. The minimum Gasteiger partial charge on any atom is -0.373 e. The Balaban J connectivity index is 1.72. The van der Waals surface area contributed by atoms with Crippen LogP contribution in [0, 0.1) is 20.8 Å². The molecule has 2 unspecified atom stereocenters. The van der Waals surface area contributed by atoms with Crippen molar-refractivity contribution < 1.29 is 9.53 Å². The van der Waals surface area contributed by atoms with E-state index in [1.165, 1.54) is 0 Å². The zero-order valence-corrected chi connectivity index (χ0v) is 19.8. The Morgan fingerprint density at radius 3 is 2.28 bits per heavy atom. The molecule has 0 N–H and O–H groups in total. The molecule has 2 aromatic heterocycles. The summed E-state index contributed by atoms with van der Waals surface area (Å²) in [6.45, 7) is 11.7. The minimum absolute atomic E-state index is 0.0719. The topological polar surface area (TPSA) is 61.4 Å². The lowest BCUT2D eigenvalue weighted by molar-refractivity contribution is -0.0652. The van der Waals surface area contributed by atoms with Gasteiger partial charge in [0.1, 0.15) is 5.69 Å². The molecular weight excluding hydrogens is 404 g/mol. The summed E-state index contributed by atoms with van der Waals surface area (Å²) < 4.78 is 11.2. The number of aryl methyl sites for hydroxylation is 1. The summed E-state index contributed by atoms with van der Waals surface area (Å²) in [4.78, 5) is 28.9. The van der Waals surface area contributed by atoms with Crippen molar-refractivity contribution >= 4 is 5.78 Å². The van der Waals surface area contributed by atoms with Crippen LogP contribution in [0.25, 0.3) is 11.4 Å². The first-order valence-electron chi connectivity index (χ1n) is 11.1. The molecular formula is C25H32N4O3. The van der Waals surface area contributed by atoms with E-state index in [4.69, 9.17) is 4.74 Å². The largest absolute Gasteiger partial charge is 0.373 e.